The van der Waals surface area contributed by atoms with E-state index >= 15 is 0 Å². The van der Waals surface area contributed by atoms with E-state index in [0.29, 0.717) is 44.4 Å². The zero-order valence-electron chi connectivity index (χ0n) is 24.6. The van der Waals surface area contributed by atoms with Crippen molar-refractivity contribution in [3.05, 3.63) is 65.5 Å². The number of likely N-dealkylation sites (tertiary alicyclic amines) is 1. The lowest BCUT2D eigenvalue weighted by atomic mass is 9.84. The highest BCUT2D eigenvalue weighted by Gasteiger charge is 2.43. The molecule has 2 fully saturated rings. The molecule has 4 rings (SSSR count). The van der Waals surface area contributed by atoms with Gasteiger partial charge in [-0.3, -0.25) is 19.4 Å². The Morgan fingerprint density at radius 3 is 2.41 bits per heavy atom. The standard InChI is InChI=1S/C32H45N5O4/c1-4-21(2)25-7-5-6-8-26(25)27(33)19-30(38)37-20-24(23-11-15-41-16-12-23)18-29(37)32(40)36-28(31(39)34-3)17-22-9-13-35-14-10-22/h5-10,13-14,21,23-24,27-29H,4,11-12,15-20,33H2,1-3H3,(H,34,39)(H,36,40)/t21?,24?,27-,28-,29-/m0/s1. The molecular formula is C32H45N5O4. The molecule has 9 nitrogen and oxygen atoms in total. The highest BCUT2D eigenvalue weighted by molar-refractivity contribution is 5.92. The summed E-state index contributed by atoms with van der Waals surface area (Å²) in [5.41, 5.74) is 9.69. The molecule has 1 aromatic carbocycles. The minimum Gasteiger partial charge on any atom is -0.381 e. The fourth-order valence-corrected chi connectivity index (χ4v) is 6.26. The van der Waals surface area contributed by atoms with Crippen molar-refractivity contribution >= 4 is 17.7 Å². The van der Waals surface area contributed by atoms with Crippen LogP contribution in [0.25, 0.3) is 0 Å². The Hall–Kier alpha value is -3.30. The molecule has 3 amide bonds. The van der Waals surface area contributed by atoms with E-state index in [2.05, 4.69) is 35.5 Å². The van der Waals surface area contributed by atoms with Crippen LogP contribution in [-0.2, 0) is 25.5 Å². The second-order valence-electron chi connectivity index (χ2n) is 11.5. The Kier molecular flexibility index (Phi) is 10.9. The molecule has 2 saturated heterocycles. The van der Waals surface area contributed by atoms with Gasteiger partial charge in [-0.05, 0) is 72.3 Å². The van der Waals surface area contributed by atoms with Gasteiger partial charge in [0, 0.05) is 58.1 Å². The lowest BCUT2D eigenvalue weighted by Gasteiger charge is -2.28. The van der Waals surface area contributed by atoms with Gasteiger partial charge in [0.05, 0.1) is 0 Å². The monoisotopic (exact) mass is 563 g/mol. The molecule has 0 bridgehead atoms. The second-order valence-corrected chi connectivity index (χ2v) is 11.5. The Bertz CT molecular complexity index is 1170. The normalized spacial score (nSPS) is 21.6. The molecule has 222 valence electrons. The van der Waals surface area contributed by atoms with Crippen LogP contribution in [-0.4, -0.2) is 66.5 Å². The van der Waals surface area contributed by atoms with Crippen molar-refractivity contribution in [2.75, 3.05) is 26.8 Å². The van der Waals surface area contributed by atoms with E-state index in [9.17, 15) is 14.4 Å². The minimum absolute atomic E-state index is 0.119. The number of benzene rings is 1. The Morgan fingerprint density at radius 2 is 1.76 bits per heavy atom. The van der Waals surface area contributed by atoms with Crippen molar-refractivity contribution in [3.8, 4) is 0 Å². The van der Waals surface area contributed by atoms with Crippen LogP contribution in [0.15, 0.2) is 48.8 Å². The third-order valence-electron chi connectivity index (χ3n) is 8.89. The summed E-state index contributed by atoms with van der Waals surface area (Å²) in [4.78, 5) is 46.1. The van der Waals surface area contributed by atoms with Gasteiger partial charge >= 0.3 is 0 Å². The van der Waals surface area contributed by atoms with Crippen LogP contribution in [0.4, 0.5) is 0 Å². The van der Waals surface area contributed by atoms with Crippen LogP contribution >= 0.6 is 0 Å². The molecule has 5 atom stereocenters. The van der Waals surface area contributed by atoms with Crippen LogP contribution in [0, 0.1) is 11.8 Å². The molecule has 3 heterocycles. The number of amides is 3. The predicted octanol–water partition coefficient (Wildman–Crippen LogP) is 3.10. The lowest BCUT2D eigenvalue weighted by molar-refractivity contribution is -0.139. The van der Waals surface area contributed by atoms with E-state index in [-0.39, 0.29) is 30.1 Å². The first kappa shape index (κ1) is 30.7. The fourth-order valence-electron chi connectivity index (χ4n) is 6.26. The molecule has 1 aromatic heterocycles. The van der Waals surface area contributed by atoms with Gasteiger partial charge in [-0.25, -0.2) is 0 Å². The average Bonchev–Trinajstić information content (AvgIpc) is 3.47. The maximum Gasteiger partial charge on any atom is 0.243 e. The summed E-state index contributed by atoms with van der Waals surface area (Å²) in [6.07, 6.45) is 7.16. The molecule has 0 spiro atoms. The van der Waals surface area contributed by atoms with Gasteiger partial charge in [0.15, 0.2) is 0 Å². The number of hydrogen-bond acceptors (Lipinski definition) is 6. The molecule has 9 heteroatoms. The number of aromatic nitrogens is 1. The first-order valence-corrected chi connectivity index (χ1v) is 14.9. The Morgan fingerprint density at radius 1 is 1.07 bits per heavy atom. The summed E-state index contributed by atoms with van der Waals surface area (Å²) < 4.78 is 5.57. The highest BCUT2D eigenvalue weighted by atomic mass is 16.5. The van der Waals surface area contributed by atoms with Crippen molar-refractivity contribution in [3.63, 3.8) is 0 Å². The Labute approximate surface area is 243 Å². The van der Waals surface area contributed by atoms with Crippen molar-refractivity contribution in [1.82, 2.24) is 20.5 Å². The fraction of sp³-hybridized carbons (Fsp3) is 0.562. The predicted molar refractivity (Wildman–Crippen MR) is 158 cm³/mol. The van der Waals surface area contributed by atoms with E-state index in [1.807, 2.05) is 30.3 Å². The quantitative estimate of drug-likeness (QED) is 0.386. The number of carbonyl (C=O) groups is 3. The number of pyridine rings is 1. The number of rotatable bonds is 11. The summed E-state index contributed by atoms with van der Waals surface area (Å²) in [5.74, 6) is 0.207. The number of ether oxygens (including phenoxy) is 1. The van der Waals surface area contributed by atoms with Crippen molar-refractivity contribution < 1.29 is 19.1 Å². The summed E-state index contributed by atoms with van der Waals surface area (Å²) in [5, 5.41) is 5.62. The first-order valence-electron chi connectivity index (χ1n) is 14.9. The molecule has 4 N–H and O–H groups in total. The van der Waals surface area contributed by atoms with Gasteiger partial charge in [0.25, 0.3) is 0 Å². The average molecular weight is 564 g/mol. The van der Waals surface area contributed by atoms with Gasteiger partial charge < -0.3 is 26.0 Å². The van der Waals surface area contributed by atoms with E-state index in [1.165, 1.54) is 0 Å². The van der Waals surface area contributed by atoms with Crippen LogP contribution in [0.5, 0.6) is 0 Å². The molecule has 41 heavy (non-hydrogen) atoms. The van der Waals surface area contributed by atoms with Gasteiger partial charge in [0.2, 0.25) is 17.7 Å². The topological polar surface area (TPSA) is 127 Å². The number of hydrogen-bond donors (Lipinski definition) is 3. The SMILES string of the molecule is CCC(C)c1ccccc1[C@@H](N)CC(=O)N1CC(C2CCOCC2)C[C@H]1C(=O)N[C@@H](Cc1ccncc1)C(=O)NC. The van der Waals surface area contributed by atoms with E-state index in [1.54, 1.807) is 24.3 Å². The van der Waals surface area contributed by atoms with Crippen LogP contribution in [0.3, 0.4) is 0 Å². The molecule has 2 aliphatic rings. The summed E-state index contributed by atoms with van der Waals surface area (Å²) in [7, 11) is 1.55. The number of nitrogens with zero attached hydrogens (tertiary/aromatic N) is 2. The van der Waals surface area contributed by atoms with Gasteiger partial charge in [-0.2, -0.15) is 0 Å². The molecule has 2 aliphatic heterocycles. The molecule has 2 unspecified atom stereocenters. The van der Waals surface area contributed by atoms with Crippen LogP contribution < -0.4 is 16.4 Å². The molecule has 0 radical (unpaired) electrons. The minimum atomic E-state index is -0.765. The zero-order chi connectivity index (χ0) is 29.4. The number of carbonyl (C=O) groups excluding carboxylic acids is 3. The maximum atomic E-state index is 13.8. The van der Waals surface area contributed by atoms with E-state index in [0.717, 1.165) is 36.0 Å². The third kappa shape index (κ3) is 7.71. The van der Waals surface area contributed by atoms with Crippen molar-refractivity contribution in [1.29, 1.82) is 0 Å². The molecule has 0 aliphatic carbocycles. The van der Waals surface area contributed by atoms with Crippen LogP contribution in [0.1, 0.15) is 74.6 Å². The molecule has 2 aromatic rings. The summed E-state index contributed by atoms with van der Waals surface area (Å²) in [6, 6.07) is 9.82. The number of nitrogens with two attached hydrogens (primary N) is 1. The number of nitrogens with one attached hydrogen (secondary N) is 2. The maximum absolute atomic E-state index is 13.8. The van der Waals surface area contributed by atoms with E-state index < -0.39 is 18.1 Å². The van der Waals surface area contributed by atoms with Crippen molar-refractivity contribution in [2.24, 2.45) is 17.6 Å². The largest absolute Gasteiger partial charge is 0.381 e. The zero-order valence-corrected chi connectivity index (χ0v) is 24.6. The van der Waals surface area contributed by atoms with Crippen LogP contribution in [0.2, 0.25) is 0 Å². The molecular weight excluding hydrogens is 518 g/mol. The summed E-state index contributed by atoms with van der Waals surface area (Å²) in [6.45, 7) is 6.22. The Balaban J connectivity index is 1.53. The van der Waals surface area contributed by atoms with E-state index in [4.69, 9.17) is 10.5 Å². The smallest absolute Gasteiger partial charge is 0.243 e. The highest BCUT2D eigenvalue weighted by Crippen LogP contribution is 2.36. The number of likely N-dealkylation sites (N-methyl/N-ethyl adjacent to an activating group) is 1. The summed E-state index contributed by atoms with van der Waals surface area (Å²) >= 11 is 0. The van der Waals surface area contributed by atoms with Gasteiger partial charge in [0.1, 0.15) is 12.1 Å². The lowest BCUT2D eigenvalue weighted by Crippen LogP contribution is -2.53. The van der Waals surface area contributed by atoms with Gasteiger partial charge in [-0.15, -0.1) is 0 Å². The van der Waals surface area contributed by atoms with Crippen molar-refractivity contribution in [2.45, 2.75) is 76.4 Å². The first-order chi connectivity index (χ1) is 19.8. The van der Waals surface area contributed by atoms with Gasteiger partial charge in [-0.1, -0.05) is 38.1 Å². The second kappa shape index (κ2) is 14.5. The molecule has 0 saturated carbocycles. The third-order valence-corrected chi connectivity index (χ3v) is 8.89.